The van der Waals surface area contributed by atoms with Crippen LogP contribution in [0, 0.1) is 17.3 Å². The van der Waals surface area contributed by atoms with Crippen molar-refractivity contribution in [3.63, 3.8) is 0 Å². The second-order valence-electron chi connectivity index (χ2n) is 6.96. The summed E-state index contributed by atoms with van der Waals surface area (Å²) >= 11 is 0. The summed E-state index contributed by atoms with van der Waals surface area (Å²) in [6, 6.07) is 7.82. The third-order valence-corrected chi connectivity index (χ3v) is 5.68. The molecule has 3 unspecified atom stereocenters. The summed E-state index contributed by atoms with van der Waals surface area (Å²) in [4.78, 5) is 12.5. The van der Waals surface area contributed by atoms with E-state index >= 15 is 0 Å². The summed E-state index contributed by atoms with van der Waals surface area (Å²) in [6.07, 6.45) is 1.85. The first-order valence-electron chi connectivity index (χ1n) is 7.34. The molecule has 20 heavy (non-hydrogen) atoms. The molecule has 1 aromatic carbocycles. The predicted molar refractivity (Wildman–Crippen MR) is 80.0 cm³/mol. The van der Waals surface area contributed by atoms with E-state index in [1.54, 1.807) is 7.11 Å². The van der Waals surface area contributed by atoms with Crippen LogP contribution in [0.4, 0.5) is 5.69 Å². The molecule has 3 saturated carbocycles. The highest BCUT2D eigenvalue weighted by Crippen LogP contribution is 2.62. The quantitative estimate of drug-likeness (QED) is 0.916. The highest BCUT2D eigenvalue weighted by Gasteiger charge is 2.63. The van der Waals surface area contributed by atoms with Crippen molar-refractivity contribution in [3.05, 3.63) is 24.3 Å². The lowest BCUT2D eigenvalue weighted by Crippen LogP contribution is -2.67. The van der Waals surface area contributed by atoms with Crippen molar-refractivity contribution >= 4 is 11.5 Å². The Hall–Kier alpha value is -1.51. The van der Waals surface area contributed by atoms with Crippen LogP contribution in [0.25, 0.3) is 0 Å². The zero-order valence-electron chi connectivity index (χ0n) is 12.7. The van der Waals surface area contributed by atoms with Crippen LogP contribution in [-0.4, -0.2) is 18.4 Å². The molecule has 4 rings (SSSR count). The summed E-state index contributed by atoms with van der Waals surface area (Å²) in [5.74, 6) is 2.09. The SMILES string of the molecule is COc1ccccc1NC1(C)C(=O)CC2CC1C2(C)C. The van der Waals surface area contributed by atoms with Gasteiger partial charge in [-0.3, -0.25) is 4.79 Å². The maximum atomic E-state index is 12.5. The van der Waals surface area contributed by atoms with E-state index in [9.17, 15) is 4.79 Å². The van der Waals surface area contributed by atoms with Crippen LogP contribution in [-0.2, 0) is 4.79 Å². The fourth-order valence-electron chi connectivity index (χ4n) is 4.16. The number of rotatable bonds is 3. The second-order valence-corrected chi connectivity index (χ2v) is 6.96. The van der Waals surface area contributed by atoms with E-state index in [1.165, 1.54) is 0 Å². The number of para-hydroxylation sites is 2. The van der Waals surface area contributed by atoms with E-state index < -0.39 is 5.54 Å². The molecule has 2 bridgehead atoms. The minimum atomic E-state index is -0.479. The molecule has 3 aliphatic rings. The van der Waals surface area contributed by atoms with Crippen LogP contribution in [0.3, 0.4) is 0 Å². The van der Waals surface area contributed by atoms with Gasteiger partial charge >= 0.3 is 0 Å². The molecule has 0 aromatic heterocycles. The predicted octanol–water partition coefficient (Wildman–Crippen LogP) is 3.50. The molecule has 3 atom stereocenters. The first-order valence-corrected chi connectivity index (χ1v) is 7.34. The molecule has 1 aromatic rings. The summed E-state index contributed by atoms with van der Waals surface area (Å²) in [7, 11) is 1.66. The second kappa shape index (κ2) is 4.24. The van der Waals surface area contributed by atoms with Gasteiger partial charge in [0.1, 0.15) is 5.75 Å². The maximum Gasteiger partial charge on any atom is 0.158 e. The number of ketones is 1. The van der Waals surface area contributed by atoms with E-state index in [0.717, 1.165) is 17.9 Å². The lowest BCUT2D eigenvalue weighted by Gasteiger charge is -2.63. The molecule has 0 saturated heterocycles. The monoisotopic (exact) mass is 273 g/mol. The van der Waals surface area contributed by atoms with Crippen molar-refractivity contribution in [2.75, 3.05) is 12.4 Å². The summed E-state index contributed by atoms with van der Waals surface area (Å²) in [5.41, 5.74) is 0.678. The average Bonchev–Trinajstić information content (AvgIpc) is 2.42. The fourth-order valence-corrected chi connectivity index (χ4v) is 4.16. The van der Waals surface area contributed by atoms with Gasteiger partial charge in [0.25, 0.3) is 0 Å². The van der Waals surface area contributed by atoms with Crippen LogP contribution in [0.5, 0.6) is 5.75 Å². The number of Topliss-reactive ketones (excluding diaryl/α,β-unsaturated/α-hetero) is 1. The molecule has 0 radical (unpaired) electrons. The van der Waals surface area contributed by atoms with Crippen molar-refractivity contribution in [1.29, 1.82) is 0 Å². The Labute approximate surface area is 120 Å². The minimum Gasteiger partial charge on any atom is -0.495 e. The molecule has 1 N–H and O–H groups in total. The van der Waals surface area contributed by atoms with Crippen molar-refractivity contribution < 1.29 is 9.53 Å². The van der Waals surface area contributed by atoms with Crippen LogP contribution >= 0.6 is 0 Å². The molecule has 0 amide bonds. The van der Waals surface area contributed by atoms with E-state index in [4.69, 9.17) is 4.74 Å². The lowest BCUT2D eigenvalue weighted by atomic mass is 9.43. The lowest BCUT2D eigenvalue weighted by molar-refractivity contribution is -0.154. The third kappa shape index (κ3) is 1.68. The zero-order chi connectivity index (χ0) is 14.5. The Morgan fingerprint density at radius 3 is 2.60 bits per heavy atom. The number of carbonyl (C=O) groups is 1. The number of nitrogens with one attached hydrogen (secondary N) is 1. The zero-order valence-corrected chi connectivity index (χ0v) is 12.7. The normalized spacial score (nSPS) is 34.3. The molecule has 108 valence electrons. The van der Waals surface area contributed by atoms with Crippen LogP contribution in [0.1, 0.15) is 33.6 Å². The average molecular weight is 273 g/mol. The number of carbonyl (C=O) groups excluding carboxylic acids is 1. The molecule has 3 heteroatoms. The summed E-state index contributed by atoms with van der Waals surface area (Å²) < 4.78 is 5.39. The van der Waals surface area contributed by atoms with Crippen molar-refractivity contribution in [3.8, 4) is 5.75 Å². The Morgan fingerprint density at radius 1 is 1.25 bits per heavy atom. The van der Waals surface area contributed by atoms with E-state index in [1.807, 2.05) is 24.3 Å². The number of ether oxygens (including phenoxy) is 1. The largest absolute Gasteiger partial charge is 0.495 e. The van der Waals surface area contributed by atoms with Crippen LogP contribution < -0.4 is 10.1 Å². The number of methoxy groups -OCH3 is 1. The van der Waals surface area contributed by atoms with Gasteiger partial charge in [0.05, 0.1) is 18.3 Å². The Bertz CT molecular complexity index is 552. The topological polar surface area (TPSA) is 38.3 Å². The molecule has 0 spiro atoms. The van der Waals surface area contributed by atoms with Gasteiger partial charge in [0, 0.05) is 6.42 Å². The van der Waals surface area contributed by atoms with Gasteiger partial charge in [-0.2, -0.15) is 0 Å². The van der Waals surface area contributed by atoms with Gasteiger partial charge in [-0.1, -0.05) is 26.0 Å². The molecule has 3 fully saturated rings. The number of anilines is 1. The Morgan fingerprint density at radius 2 is 1.95 bits per heavy atom. The number of fused-ring (bicyclic) bond motifs is 2. The Kier molecular flexibility index (Phi) is 2.86. The van der Waals surface area contributed by atoms with Gasteiger partial charge < -0.3 is 10.1 Å². The van der Waals surface area contributed by atoms with Crippen molar-refractivity contribution in [2.45, 2.75) is 39.2 Å². The molecule has 3 aliphatic carbocycles. The minimum absolute atomic E-state index is 0.248. The van der Waals surface area contributed by atoms with E-state index in [0.29, 0.717) is 24.0 Å². The smallest absolute Gasteiger partial charge is 0.158 e. The van der Waals surface area contributed by atoms with E-state index in [2.05, 4.69) is 26.1 Å². The highest BCUT2D eigenvalue weighted by molar-refractivity contribution is 5.94. The molecule has 0 heterocycles. The molecule has 3 nitrogen and oxygen atoms in total. The van der Waals surface area contributed by atoms with Gasteiger partial charge in [0.15, 0.2) is 5.78 Å². The number of benzene rings is 1. The molecular weight excluding hydrogens is 250 g/mol. The Balaban J connectivity index is 1.93. The standard InChI is InChI=1S/C17H23NO2/c1-16(2)11-9-14(16)17(3,15(19)10-11)18-12-7-5-6-8-13(12)20-4/h5-8,11,14,18H,9-10H2,1-4H3. The fraction of sp³-hybridized carbons (Fsp3) is 0.588. The molecule has 0 aliphatic heterocycles. The molecular formula is C17H23NO2. The first-order chi connectivity index (χ1) is 9.39. The highest BCUT2D eigenvalue weighted by atomic mass is 16.5. The maximum absolute atomic E-state index is 12.5. The van der Waals surface area contributed by atoms with E-state index in [-0.39, 0.29) is 5.41 Å². The van der Waals surface area contributed by atoms with Gasteiger partial charge in [-0.15, -0.1) is 0 Å². The third-order valence-electron chi connectivity index (χ3n) is 5.68. The van der Waals surface area contributed by atoms with Gasteiger partial charge in [-0.25, -0.2) is 0 Å². The van der Waals surface area contributed by atoms with Crippen LogP contribution in [0.2, 0.25) is 0 Å². The first kappa shape index (κ1) is 13.5. The van der Waals surface area contributed by atoms with Crippen molar-refractivity contribution in [2.24, 2.45) is 17.3 Å². The van der Waals surface area contributed by atoms with Crippen molar-refractivity contribution in [1.82, 2.24) is 0 Å². The van der Waals surface area contributed by atoms with Crippen LogP contribution in [0.15, 0.2) is 24.3 Å². The summed E-state index contributed by atoms with van der Waals surface area (Å²) in [5, 5.41) is 3.50. The van der Waals surface area contributed by atoms with Gasteiger partial charge in [0.2, 0.25) is 0 Å². The number of hydrogen-bond acceptors (Lipinski definition) is 3. The number of hydrogen-bond donors (Lipinski definition) is 1. The summed E-state index contributed by atoms with van der Waals surface area (Å²) in [6.45, 7) is 6.64. The van der Waals surface area contributed by atoms with Gasteiger partial charge in [-0.05, 0) is 42.7 Å².